The van der Waals surface area contributed by atoms with Crippen molar-refractivity contribution in [3.05, 3.63) is 36.2 Å². The Morgan fingerprint density at radius 1 is 1.50 bits per heavy atom. The van der Waals surface area contributed by atoms with Crippen molar-refractivity contribution in [1.29, 1.82) is 0 Å². The molecule has 8 heteroatoms. The number of cyclic esters (lactones) is 1. The number of nitrogens with one attached hydrogen (secondary N) is 1. The van der Waals surface area contributed by atoms with Gasteiger partial charge in [-0.2, -0.15) is 0 Å². The van der Waals surface area contributed by atoms with E-state index in [9.17, 15) is 9.59 Å². The molecule has 0 saturated carbocycles. The molecule has 7 nitrogen and oxygen atoms in total. The van der Waals surface area contributed by atoms with Gasteiger partial charge >= 0.3 is 6.09 Å². The van der Waals surface area contributed by atoms with Crippen molar-refractivity contribution >= 4 is 29.4 Å². The number of amides is 2. The van der Waals surface area contributed by atoms with Gasteiger partial charge in [-0.25, -0.2) is 9.78 Å². The third kappa shape index (κ3) is 2.62. The number of nitrogens with zero attached hydrogens (tertiary/aromatic N) is 3. The lowest BCUT2D eigenvalue weighted by Crippen LogP contribution is -2.33. The number of hydrogen-bond acceptors (Lipinski definition) is 5. The van der Waals surface area contributed by atoms with Gasteiger partial charge in [0.2, 0.25) is 5.91 Å². The molecular formula is C16H16N4O3S. The van der Waals surface area contributed by atoms with E-state index in [0.717, 1.165) is 27.8 Å². The normalized spacial score (nSPS) is 18.8. The van der Waals surface area contributed by atoms with E-state index in [-0.39, 0.29) is 18.1 Å². The summed E-state index contributed by atoms with van der Waals surface area (Å²) in [5.41, 5.74) is 3.06. The Balaban J connectivity index is 1.56. The van der Waals surface area contributed by atoms with Crippen LogP contribution in [0.3, 0.4) is 0 Å². The van der Waals surface area contributed by atoms with Crippen LogP contribution in [0.15, 0.2) is 35.7 Å². The summed E-state index contributed by atoms with van der Waals surface area (Å²) in [5.74, 6) is 0.685. The van der Waals surface area contributed by atoms with Gasteiger partial charge in [0.05, 0.1) is 18.8 Å². The summed E-state index contributed by atoms with van der Waals surface area (Å²) in [7, 11) is 0. The highest BCUT2D eigenvalue weighted by Crippen LogP contribution is 2.35. The highest BCUT2D eigenvalue weighted by molar-refractivity contribution is 7.98. The fourth-order valence-electron chi connectivity index (χ4n) is 2.91. The van der Waals surface area contributed by atoms with Gasteiger partial charge in [0.25, 0.3) is 0 Å². The van der Waals surface area contributed by atoms with Crippen LogP contribution in [0.25, 0.3) is 5.69 Å². The van der Waals surface area contributed by atoms with Gasteiger partial charge < -0.3 is 10.1 Å². The monoisotopic (exact) mass is 344 g/mol. The van der Waals surface area contributed by atoms with Gasteiger partial charge in [-0.1, -0.05) is 11.8 Å². The molecule has 124 valence electrons. The van der Waals surface area contributed by atoms with Crippen LogP contribution in [0.4, 0.5) is 10.5 Å². The first-order valence-corrected chi connectivity index (χ1v) is 8.62. The molecule has 2 amide bonds. The molecular weight excluding hydrogens is 328 g/mol. The van der Waals surface area contributed by atoms with Gasteiger partial charge in [-0.05, 0) is 23.8 Å². The van der Waals surface area contributed by atoms with Crippen LogP contribution >= 0.6 is 11.8 Å². The molecule has 1 N–H and O–H groups in total. The van der Waals surface area contributed by atoms with Gasteiger partial charge in [0.1, 0.15) is 6.10 Å². The van der Waals surface area contributed by atoms with Crippen LogP contribution in [0.1, 0.15) is 12.5 Å². The zero-order valence-electron chi connectivity index (χ0n) is 13.1. The van der Waals surface area contributed by atoms with E-state index < -0.39 is 0 Å². The van der Waals surface area contributed by atoms with Crippen molar-refractivity contribution in [2.45, 2.75) is 23.9 Å². The summed E-state index contributed by atoms with van der Waals surface area (Å²) >= 11 is 1.67. The minimum Gasteiger partial charge on any atom is -0.442 e. The van der Waals surface area contributed by atoms with Crippen LogP contribution in [-0.4, -0.2) is 40.7 Å². The first-order chi connectivity index (χ1) is 11.6. The average Bonchev–Trinajstić information content (AvgIpc) is 3.18. The molecule has 1 fully saturated rings. The Labute approximate surface area is 143 Å². The van der Waals surface area contributed by atoms with Crippen molar-refractivity contribution in [2.24, 2.45) is 0 Å². The second-order valence-corrected chi connectivity index (χ2v) is 6.68. The third-order valence-electron chi connectivity index (χ3n) is 4.05. The summed E-state index contributed by atoms with van der Waals surface area (Å²) in [6, 6.07) is 5.94. The number of imidazole rings is 1. The quantitative estimate of drug-likeness (QED) is 0.921. The number of ether oxygens (including phenoxy) is 1. The lowest BCUT2D eigenvalue weighted by atomic mass is 10.1. The van der Waals surface area contributed by atoms with Crippen molar-refractivity contribution in [3.8, 4) is 5.69 Å². The van der Waals surface area contributed by atoms with E-state index in [4.69, 9.17) is 4.74 Å². The second-order valence-electron chi connectivity index (χ2n) is 5.73. The Kier molecular flexibility index (Phi) is 3.68. The largest absolute Gasteiger partial charge is 0.442 e. The zero-order chi connectivity index (χ0) is 16.7. The van der Waals surface area contributed by atoms with Crippen LogP contribution in [0.2, 0.25) is 0 Å². The van der Waals surface area contributed by atoms with Gasteiger partial charge in [0, 0.05) is 30.8 Å². The molecule has 1 atom stereocenters. The topological polar surface area (TPSA) is 76.5 Å². The van der Waals surface area contributed by atoms with Crippen molar-refractivity contribution in [3.63, 3.8) is 0 Å². The first-order valence-electron chi connectivity index (χ1n) is 7.64. The summed E-state index contributed by atoms with van der Waals surface area (Å²) in [4.78, 5) is 29.1. The molecule has 2 aliphatic heterocycles. The molecule has 3 heterocycles. The average molecular weight is 344 g/mol. The van der Waals surface area contributed by atoms with E-state index in [1.165, 1.54) is 6.92 Å². The van der Waals surface area contributed by atoms with Crippen molar-refractivity contribution in [1.82, 2.24) is 14.9 Å². The first kappa shape index (κ1) is 15.1. The number of thioether (sulfide) groups is 1. The van der Waals surface area contributed by atoms with E-state index in [0.29, 0.717) is 13.1 Å². The smallest absolute Gasteiger partial charge is 0.414 e. The number of benzene rings is 1. The maximum atomic E-state index is 12.1. The van der Waals surface area contributed by atoms with E-state index in [2.05, 4.69) is 14.9 Å². The Bertz CT molecular complexity index is 819. The minimum atomic E-state index is -0.378. The summed E-state index contributed by atoms with van der Waals surface area (Å²) < 4.78 is 7.37. The third-order valence-corrected chi connectivity index (χ3v) is 5.07. The van der Waals surface area contributed by atoms with Crippen molar-refractivity contribution < 1.29 is 14.3 Å². The fraction of sp³-hybridized carbons (Fsp3) is 0.312. The SMILES string of the molecule is CC(=O)NC[C@H]1CN(c2ccc3c(c2)CSc2nccn2-3)C(=O)O1. The molecule has 2 aliphatic rings. The number of anilines is 1. The molecule has 0 bridgehead atoms. The van der Waals surface area contributed by atoms with Gasteiger partial charge in [-0.15, -0.1) is 0 Å². The Morgan fingerprint density at radius 3 is 3.21 bits per heavy atom. The van der Waals surface area contributed by atoms with E-state index >= 15 is 0 Å². The van der Waals surface area contributed by atoms with Crippen LogP contribution in [-0.2, 0) is 15.3 Å². The fourth-order valence-corrected chi connectivity index (χ4v) is 3.86. The number of carbonyl (C=O) groups is 2. The summed E-state index contributed by atoms with van der Waals surface area (Å²) in [6.07, 6.45) is 3.02. The molecule has 1 aromatic heterocycles. The predicted octanol–water partition coefficient (Wildman–Crippen LogP) is 1.94. The number of rotatable bonds is 3. The maximum Gasteiger partial charge on any atom is 0.414 e. The second kappa shape index (κ2) is 5.86. The molecule has 4 rings (SSSR count). The lowest BCUT2D eigenvalue weighted by molar-refractivity contribution is -0.119. The number of carbonyl (C=O) groups excluding carboxylic acids is 2. The van der Waals surface area contributed by atoms with Crippen molar-refractivity contribution in [2.75, 3.05) is 18.0 Å². The minimum absolute atomic E-state index is 0.133. The molecule has 1 aromatic carbocycles. The number of aromatic nitrogens is 2. The van der Waals surface area contributed by atoms with E-state index in [1.807, 2.05) is 24.4 Å². The van der Waals surface area contributed by atoms with Gasteiger partial charge in [-0.3, -0.25) is 14.3 Å². The maximum absolute atomic E-state index is 12.1. The highest BCUT2D eigenvalue weighted by atomic mass is 32.2. The van der Waals surface area contributed by atoms with Crippen LogP contribution in [0.5, 0.6) is 0 Å². The summed E-state index contributed by atoms with van der Waals surface area (Å²) in [5, 5.41) is 3.66. The molecule has 1 saturated heterocycles. The molecule has 0 spiro atoms. The molecule has 0 radical (unpaired) electrons. The van der Waals surface area contributed by atoms with Gasteiger partial charge in [0.15, 0.2) is 5.16 Å². The zero-order valence-corrected chi connectivity index (χ0v) is 13.9. The molecule has 2 aromatic rings. The lowest BCUT2D eigenvalue weighted by Gasteiger charge is -2.21. The summed E-state index contributed by atoms with van der Waals surface area (Å²) in [6.45, 7) is 2.21. The van der Waals surface area contributed by atoms with Crippen LogP contribution in [0, 0.1) is 0 Å². The number of fused-ring (bicyclic) bond motifs is 3. The van der Waals surface area contributed by atoms with E-state index in [1.54, 1.807) is 22.9 Å². The Morgan fingerprint density at radius 2 is 2.38 bits per heavy atom. The predicted molar refractivity (Wildman–Crippen MR) is 89.4 cm³/mol. The highest BCUT2D eigenvalue weighted by Gasteiger charge is 2.33. The Hall–Kier alpha value is -2.48. The van der Waals surface area contributed by atoms with Crippen LogP contribution < -0.4 is 10.2 Å². The molecule has 0 unspecified atom stereocenters. The standard InChI is InChI=1S/C16H16N4O3S/c1-10(21)18-7-13-8-20(16(22)23-13)12-2-3-14-11(6-12)9-24-15-17-4-5-19(14)15/h2-6,13H,7-9H2,1H3,(H,18,21)/t13-/m0/s1. The molecule has 0 aliphatic carbocycles. The number of hydrogen-bond donors (Lipinski definition) is 1. The molecule has 24 heavy (non-hydrogen) atoms.